The van der Waals surface area contributed by atoms with Crippen molar-refractivity contribution < 1.29 is 4.79 Å². The molecule has 0 spiro atoms. The molecule has 3 aromatic rings. The van der Waals surface area contributed by atoms with E-state index in [1.165, 1.54) is 11.8 Å². The fraction of sp³-hybridized carbons (Fsp3) is 0.200. The van der Waals surface area contributed by atoms with Crippen LogP contribution in [-0.4, -0.2) is 16.6 Å². The van der Waals surface area contributed by atoms with Gasteiger partial charge in [-0.3, -0.25) is 4.79 Å². The quantitative estimate of drug-likeness (QED) is 0.271. The van der Waals surface area contributed by atoms with E-state index in [1.54, 1.807) is 0 Å². The fourth-order valence-corrected chi connectivity index (χ4v) is 4.52. The SMILES string of the molecule is CC(C)c1ccc(-c2c(C#N)c(N)nc(SCCC(=O)Nc3ccc(I)cc3)c2C#N)cc1. The lowest BCUT2D eigenvalue weighted by Gasteiger charge is -2.14. The molecule has 2 aromatic carbocycles. The smallest absolute Gasteiger partial charge is 0.225 e. The van der Waals surface area contributed by atoms with Crippen molar-refractivity contribution in [1.29, 1.82) is 10.5 Å². The number of carbonyl (C=O) groups is 1. The number of nitrogens with zero attached hydrogens (tertiary/aromatic N) is 3. The summed E-state index contributed by atoms with van der Waals surface area (Å²) in [4.78, 5) is 16.6. The Morgan fingerprint density at radius 2 is 1.73 bits per heavy atom. The number of rotatable bonds is 7. The molecule has 166 valence electrons. The molecule has 0 fully saturated rings. The van der Waals surface area contributed by atoms with Gasteiger partial charge in [0.25, 0.3) is 0 Å². The van der Waals surface area contributed by atoms with Crippen LogP contribution in [0.5, 0.6) is 0 Å². The van der Waals surface area contributed by atoms with Crippen molar-refractivity contribution in [2.24, 2.45) is 0 Å². The Morgan fingerprint density at radius 3 is 2.30 bits per heavy atom. The zero-order valence-corrected chi connectivity index (χ0v) is 21.2. The summed E-state index contributed by atoms with van der Waals surface area (Å²) in [5, 5.41) is 22.9. The molecule has 3 rings (SSSR count). The van der Waals surface area contributed by atoms with Crippen LogP contribution in [0.3, 0.4) is 0 Å². The lowest BCUT2D eigenvalue weighted by atomic mass is 9.94. The largest absolute Gasteiger partial charge is 0.383 e. The first-order valence-corrected chi connectivity index (χ1v) is 12.3. The standard InChI is InChI=1S/C25H22IN5OS/c1-15(2)16-3-5-17(6-4-16)23-20(13-27)24(29)31-25(21(23)14-28)33-12-11-22(32)30-19-9-7-18(26)8-10-19/h3-10,15H,11-12H2,1-2H3,(H2,29,31)(H,30,32). The van der Waals surface area contributed by atoms with Gasteiger partial charge in [0.2, 0.25) is 5.91 Å². The fourth-order valence-electron chi connectivity index (χ4n) is 3.22. The number of nitriles is 2. The topological polar surface area (TPSA) is 116 Å². The summed E-state index contributed by atoms with van der Waals surface area (Å²) in [6.07, 6.45) is 0.238. The van der Waals surface area contributed by atoms with Crippen LogP contribution in [0.2, 0.25) is 0 Å². The van der Waals surface area contributed by atoms with Gasteiger partial charge in [-0.2, -0.15) is 10.5 Å². The predicted molar refractivity (Wildman–Crippen MR) is 141 cm³/mol. The zero-order valence-electron chi connectivity index (χ0n) is 18.2. The minimum absolute atomic E-state index is 0.0743. The number of anilines is 2. The third-order valence-corrected chi connectivity index (χ3v) is 6.67. The number of nitrogens with one attached hydrogen (secondary N) is 1. The van der Waals surface area contributed by atoms with Crippen molar-refractivity contribution in [3.05, 3.63) is 68.8 Å². The normalized spacial score (nSPS) is 10.5. The molecular formula is C25H22IN5OS. The van der Waals surface area contributed by atoms with Crippen molar-refractivity contribution in [3.8, 4) is 23.3 Å². The van der Waals surface area contributed by atoms with Gasteiger partial charge in [-0.05, 0) is 63.9 Å². The maximum absolute atomic E-state index is 12.3. The number of hydrogen-bond acceptors (Lipinski definition) is 6. The molecule has 0 radical (unpaired) electrons. The van der Waals surface area contributed by atoms with Crippen molar-refractivity contribution in [2.75, 3.05) is 16.8 Å². The Balaban J connectivity index is 1.82. The summed E-state index contributed by atoms with van der Waals surface area (Å²) < 4.78 is 1.09. The highest BCUT2D eigenvalue weighted by molar-refractivity contribution is 14.1. The highest BCUT2D eigenvalue weighted by atomic mass is 127. The van der Waals surface area contributed by atoms with Gasteiger partial charge in [0.15, 0.2) is 0 Å². The maximum atomic E-state index is 12.3. The van der Waals surface area contributed by atoms with Gasteiger partial charge in [0.05, 0.1) is 5.56 Å². The number of halogens is 1. The second-order valence-electron chi connectivity index (χ2n) is 7.58. The number of amides is 1. The zero-order chi connectivity index (χ0) is 24.0. The van der Waals surface area contributed by atoms with Gasteiger partial charge >= 0.3 is 0 Å². The molecule has 0 bridgehead atoms. The monoisotopic (exact) mass is 567 g/mol. The molecule has 0 aliphatic heterocycles. The molecule has 33 heavy (non-hydrogen) atoms. The van der Waals surface area contributed by atoms with Crippen LogP contribution in [0, 0.1) is 26.2 Å². The van der Waals surface area contributed by atoms with Gasteiger partial charge in [-0.1, -0.05) is 38.1 Å². The van der Waals surface area contributed by atoms with Gasteiger partial charge < -0.3 is 11.1 Å². The van der Waals surface area contributed by atoms with Crippen LogP contribution in [0.4, 0.5) is 11.5 Å². The summed E-state index contributed by atoms with van der Waals surface area (Å²) in [7, 11) is 0. The molecule has 1 aromatic heterocycles. The molecule has 0 unspecified atom stereocenters. The van der Waals surface area contributed by atoms with Crippen molar-refractivity contribution in [2.45, 2.75) is 31.2 Å². The summed E-state index contributed by atoms with van der Waals surface area (Å²) in [6, 6.07) is 19.6. The van der Waals surface area contributed by atoms with Crippen molar-refractivity contribution in [1.82, 2.24) is 4.98 Å². The number of hydrogen-bond donors (Lipinski definition) is 2. The number of pyridine rings is 1. The Morgan fingerprint density at radius 1 is 1.09 bits per heavy atom. The van der Waals surface area contributed by atoms with Crippen LogP contribution in [0.15, 0.2) is 53.6 Å². The molecule has 0 aliphatic rings. The molecule has 6 nitrogen and oxygen atoms in total. The number of nitrogen functional groups attached to an aromatic ring is 1. The number of aromatic nitrogens is 1. The van der Waals surface area contributed by atoms with E-state index in [4.69, 9.17) is 5.73 Å². The minimum atomic E-state index is -0.131. The van der Waals surface area contributed by atoms with E-state index in [0.717, 1.165) is 20.4 Å². The predicted octanol–water partition coefficient (Wildman–Crippen LogP) is 5.92. The molecule has 0 saturated carbocycles. The molecule has 0 atom stereocenters. The number of carbonyl (C=O) groups excluding carboxylic acids is 1. The second-order valence-corrected chi connectivity index (χ2v) is 9.91. The molecule has 3 N–H and O–H groups in total. The molecular weight excluding hydrogens is 545 g/mol. The first kappa shape index (κ1) is 24.6. The minimum Gasteiger partial charge on any atom is -0.383 e. The third kappa shape index (κ3) is 6.04. The number of thioether (sulfide) groups is 1. The highest BCUT2D eigenvalue weighted by Gasteiger charge is 2.21. The first-order valence-electron chi connectivity index (χ1n) is 10.3. The van der Waals surface area contributed by atoms with E-state index in [9.17, 15) is 15.3 Å². The molecule has 0 saturated heterocycles. The van der Waals surface area contributed by atoms with Gasteiger partial charge in [0, 0.05) is 27.0 Å². The van der Waals surface area contributed by atoms with Gasteiger partial charge in [-0.25, -0.2) is 4.98 Å². The molecule has 1 amide bonds. The average molecular weight is 567 g/mol. The Labute approximate surface area is 211 Å². The number of nitrogens with two attached hydrogens (primary N) is 1. The van der Waals surface area contributed by atoms with Crippen LogP contribution < -0.4 is 11.1 Å². The Hall–Kier alpha value is -3.08. The highest BCUT2D eigenvalue weighted by Crippen LogP contribution is 2.36. The Bertz CT molecular complexity index is 1240. The van der Waals surface area contributed by atoms with Crippen molar-refractivity contribution >= 4 is 51.8 Å². The van der Waals surface area contributed by atoms with Gasteiger partial charge in [0.1, 0.15) is 28.5 Å². The van der Waals surface area contributed by atoms with Crippen LogP contribution in [0.25, 0.3) is 11.1 Å². The first-order chi connectivity index (χ1) is 15.8. The molecule has 1 heterocycles. The second kappa shape index (κ2) is 11.2. The van der Waals surface area contributed by atoms with Crippen LogP contribution in [-0.2, 0) is 4.79 Å². The summed E-state index contributed by atoms with van der Waals surface area (Å²) in [5.74, 6) is 0.720. The molecule has 8 heteroatoms. The Kier molecular flexibility index (Phi) is 8.32. The summed E-state index contributed by atoms with van der Waals surface area (Å²) in [5.41, 5.74) is 9.67. The van der Waals surface area contributed by atoms with E-state index in [0.29, 0.717) is 27.8 Å². The summed E-state index contributed by atoms with van der Waals surface area (Å²) in [6.45, 7) is 4.20. The van der Waals surface area contributed by atoms with E-state index < -0.39 is 0 Å². The van der Waals surface area contributed by atoms with E-state index >= 15 is 0 Å². The maximum Gasteiger partial charge on any atom is 0.225 e. The average Bonchev–Trinajstić information content (AvgIpc) is 2.80. The van der Waals surface area contributed by atoms with Crippen molar-refractivity contribution in [3.63, 3.8) is 0 Å². The molecule has 0 aliphatic carbocycles. The summed E-state index contributed by atoms with van der Waals surface area (Å²) >= 11 is 3.48. The van der Waals surface area contributed by atoms with Crippen LogP contribution in [0.1, 0.15) is 42.9 Å². The number of benzene rings is 2. The lowest BCUT2D eigenvalue weighted by Crippen LogP contribution is -2.12. The van der Waals surface area contributed by atoms with E-state index in [2.05, 4.69) is 58.9 Å². The lowest BCUT2D eigenvalue weighted by molar-refractivity contribution is -0.115. The third-order valence-electron chi connectivity index (χ3n) is 4.98. The van der Waals surface area contributed by atoms with E-state index in [1.807, 2.05) is 48.5 Å². The van der Waals surface area contributed by atoms with E-state index in [-0.39, 0.29) is 23.7 Å². The van der Waals surface area contributed by atoms with Crippen LogP contribution >= 0.6 is 34.4 Å². The van der Waals surface area contributed by atoms with Gasteiger partial charge in [-0.15, -0.1) is 11.8 Å².